The Balaban J connectivity index is 1.45. The third-order valence-corrected chi connectivity index (χ3v) is 4.49. The van der Waals surface area contributed by atoms with Crippen LogP contribution in [-0.4, -0.2) is 51.2 Å². The molecule has 0 unspecified atom stereocenters. The Morgan fingerprint density at radius 2 is 1.75 bits per heavy atom. The van der Waals surface area contributed by atoms with Crippen molar-refractivity contribution in [3.05, 3.63) is 48.0 Å². The molecule has 1 aromatic carbocycles. The van der Waals surface area contributed by atoms with Gasteiger partial charge in [-0.1, -0.05) is 30.3 Å². The summed E-state index contributed by atoms with van der Waals surface area (Å²) in [6.45, 7) is 1.20. The Morgan fingerprint density at radius 1 is 1.04 bits per heavy atom. The number of hydrogen-bond acceptors (Lipinski definition) is 6. The third-order valence-electron chi connectivity index (χ3n) is 4.49. The van der Waals surface area contributed by atoms with E-state index in [2.05, 4.69) is 5.32 Å². The molecule has 0 radical (unpaired) electrons. The molecule has 2 amide bonds. The van der Waals surface area contributed by atoms with Gasteiger partial charge in [0.15, 0.2) is 0 Å². The number of likely N-dealkylation sites (tertiary alicyclic amines) is 1. The van der Waals surface area contributed by atoms with Gasteiger partial charge < -0.3 is 30.0 Å². The summed E-state index contributed by atoms with van der Waals surface area (Å²) in [6, 6.07) is 11.7. The van der Waals surface area contributed by atoms with Crippen LogP contribution in [0, 0.1) is 0 Å². The van der Waals surface area contributed by atoms with Crippen molar-refractivity contribution in [2.24, 2.45) is 0 Å². The molecule has 2 aromatic rings. The first-order valence-electron chi connectivity index (χ1n) is 9.07. The van der Waals surface area contributed by atoms with Crippen molar-refractivity contribution in [1.82, 2.24) is 14.9 Å². The topological polar surface area (TPSA) is 113 Å². The summed E-state index contributed by atoms with van der Waals surface area (Å²) in [7, 11) is 0. The standard InChI is InChI=1S/C19H23N3O6/c23-16-8-9-17(24)22(16)28-18(25)20-15-7-4-11-21(12-10-15)19(26)27-13-14-5-2-1-3-6-14/h1-3,5-6,8-9,15,23-24H,4,7,10-13H2,(H,20,25)/t15-/m0/s1. The second-order valence-corrected chi connectivity index (χ2v) is 6.52. The molecular formula is C19H23N3O6. The Labute approximate surface area is 162 Å². The maximum atomic E-state index is 12.3. The summed E-state index contributed by atoms with van der Waals surface area (Å²) in [4.78, 5) is 30.8. The van der Waals surface area contributed by atoms with Crippen molar-refractivity contribution in [2.75, 3.05) is 13.1 Å². The predicted molar refractivity (Wildman–Crippen MR) is 98.7 cm³/mol. The molecule has 150 valence electrons. The van der Waals surface area contributed by atoms with Crippen LogP contribution in [0.3, 0.4) is 0 Å². The van der Waals surface area contributed by atoms with Crippen molar-refractivity contribution in [2.45, 2.75) is 31.9 Å². The quantitative estimate of drug-likeness (QED) is 0.739. The summed E-state index contributed by atoms with van der Waals surface area (Å²) in [5.74, 6) is -0.776. The summed E-state index contributed by atoms with van der Waals surface area (Å²) in [5.41, 5.74) is 0.921. The number of aromatic hydroxyl groups is 2. The molecule has 28 heavy (non-hydrogen) atoms. The molecule has 1 atom stereocenters. The first-order valence-corrected chi connectivity index (χ1v) is 9.07. The van der Waals surface area contributed by atoms with Gasteiger partial charge in [-0.2, -0.15) is 0 Å². The summed E-state index contributed by atoms with van der Waals surface area (Å²) in [5, 5.41) is 21.7. The first kappa shape index (κ1) is 19.4. The summed E-state index contributed by atoms with van der Waals surface area (Å²) >= 11 is 0. The van der Waals surface area contributed by atoms with Crippen molar-refractivity contribution >= 4 is 12.2 Å². The van der Waals surface area contributed by atoms with Crippen molar-refractivity contribution in [3.63, 3.8) is 0 Å². The minimum Gasteiger partial charge on any atom is -0.492 e. The number of rotatable bonds is 4. The van der Waals surface area contributed by atoms with E-state index in [0.29, 0.717) is 37.1 Å². The molecule has 0 bridgehead atoms. The van der Waals surface area contributed by atoms with Gasteiger partial charge in [-0.05, 0) is 24.8 Å². The second kappa shape index (κ2) is 9.03. The average Bonchev–Trinajstić information content (AvgIpc) is 2.88. The van der Waals surface area contributed by atoms with Crippen LogP contribution in [0.1, 0.15) is 24.8 Å². The second-order valence-electron chi connectivity index (χ2n) is 6.52. The lowest BCUT2D eigenvalue weighted by Gasteiger charge is -2.20. The molecular weight excluding hydrogens is 366 g/mol. The van der Waals surface area contributed by atoms with Crippen molar-refractivity contribution in [1.29, 1.82) is 0 Å². The molecule has 1 fully saturated rings. The zero-order chi connectivity index (χ0) is 19.9. The van der Waals surface area contributed by atoms with E-state index in [-0.39, 0.29) is 30.5 Å². The largest absolute Gasteiger partial charge is 0.492 e. The molecule has 9 heteroatoms. The molecule has 2 heterocycles. The molecule has 0 aliphatic carbocycles. The summed E-state index contributed by atoms with van der Waals surface area (Å²) < 4.78 is 5.98. The van der Waals surface area contributed by atoms with E-state index < -0.39 is 6.09 Å². The van der Waals surface area contributed by atoms with Crippen LogP contribution >= 0.6 is 0 Å². The highest BCUT2D eigenvalue weighted by Crippen LogP contribution is 2.19. The number of ether oxygens (including phenoxy) is 1. The molecule has 0 saturated carbocycles. The zero-order valence-electron chi connectivity index (χ0n) is 15.3. The highest BCUT2D eigenvalue weighted by molar-refractivity contribution is 5.69. The van der Waals surface area contributed by atoms with Gasteiger partial charge in [-0.3, -0.25) is 0 Å². The lowest BCUT2D eigenvalue weighted by Crippen LogP contribution is -2.40. The highest BCUT2D eigenvalue weighted by atomic mass is 16.7. The fourth-order valence-corrected chi connectivity index (χ4v) is 3.01. The minimum absolute atomic E-state index is 0.195. The number of benzene rings is 1. The minimum atomic E-state index is -0.799. The predicted octanol–water partition coefficient (Wildman–Crippen LogP) is 2.23. The maximum absolute atomic E-state index is 12.3. The van der Waals surface area contributed by atoms with Crippen LogP contribution in [-0.2, 0) is 11.3 Å². The van der Waals surface area contributed by atoms with Crippen LogP contribution in [0.2, 0.25) is 0 Å². The molecule has 1 aliphatic rings. The normalized spacial score (nSPS) is 16.9. The van der Waals surface area contributed by atoms with Crippen molar-refractivity contribution in [3.8, 4) is 11.8 Å². The van der Waals surface area contributed by atoms with E-state index in [4.69, 9.17) is 9.57 Å². The van der Waals surface area contributed by atoms with Gasteiger partial charge in [0.2, 0.25) is 11.8 Å². The Kier molecular flexibility index (Phi) is 6.25. The first-order chi connectivity index (χ1) is 13.5. The SMILES string of the molecule is O=C(N[C@H]1CCCN(C(=O)OCc2ccccc2)CC1)On1c(O)ccc1O. The van der Waals surface area contributed by atoms with Crippen molar-refractivity contribution < 1.29 is 29.4 Å². The van der Waals surface area contributed by atoms with Gasteiger partial charge in [0.1, 0.15) is 6.61 Å². The average molecular weight is 389 g/mol. The number of hydrogen-bond donors (Lipinski definition) is 3. The van der Waals surface area contributed by atoms with E-state index in [1.807, 2.05) is 30.3 Å². The molecule has 1 saturated heterocycles. The molecule has 1 aromatic heterocycles. The van der Waals surface area contributed by atoms with Gasteiger partial charge >= 0.3 is 12.2 Å². The Hall–Kier alpha value is -3.36. The number of aromatic nitrogens is 1. The van der Waals surface area contributed by atoms with E-state index in [0.717, 1.165) is 5.56 Å². The maximum Gasteiger partial charge on any atom is 0.432 e. The Bertz CT molecular complexity index is 788. The number of carbonyl (C=O) groups excluding carboxylic acids is 2. The van der Waals surface area contributed by atoms with Gasteiger partial charge in [0.05, 0.1) is 0 Å². The van der Waals surface area contributed by atoms with E-state index in [9.17, 15) is 19.8 Å². The monoisotopic (exact) mass is 389 g/mol. The van der Waals surface area contributed by atoms with Crippen LogP contribution in [0.15, 0.2) is 42.5 Å². The van der Waals surface area contributed by atoms with Crippen LogP contribution in [0.5, 0.6) is 11.8 Å². The van der Waals surface area contributed by atoms with Crippen LogP contribution < -0.4 is 10.2 Å². The van der Waals surface area contributed by atoms with E-state index in [1.165, 1.54) is 12.1 Å². The highest BCUT2D eigenvalue weighted by Gasteiger charge is 2.23. The van der Waals surface area contributed by atoms with Gasteiger partial charge in [-0.15, -0.1) is 4.73 Å². The molecule has 0 spiro atoms. The van der Waals surface area contributed by atoms with Crippen LogP contribution in [0.25, 0.3) is 0 Å². The molecule has 3 N–H and O–H groups in total. The third kappa shape index (κ3) is 5.09. The lowest BCUT2D eigenvalue weighted by molar-refractivity contribution is 0.0966. The van der Waals surface area contributed by atoms with E-state index >= 15 is 0 Å². The number of amides is 2. The van der Waals surface area contributed by atoms with Crippen LogP contribution in [0.4, 0.5) is 9.59 Å². The lowest BCUT2D eigenvalue weighted by atomic mass is 10.1. The number of nitrogens with one attached hydrogen (secondary N) is 1. The Morgan fingerprint density at radius 3 is 2.46 bits per heavy atom. The molecule has 3 rings (SSSR count). The summed E-state index contributed by atoms with van der Waals surface area (Å²) in [6.07, 6.45) is 0.729. The van der Waals surface area contributed by atoms with E-state index in [1.54, 1.807) is 4.90 Å². The molecule has 1 aliphatic heterocycles. The molecule has 9 nitrogen and oxygen atoms in total. The zero-order valence-corrected chi connectivity index (χ0v) is 15.3. The van der Waals surface area contributed by atoms with Gasteiger partial charge in [-0.25, -0.2) is 9.59 Å². The smallest absolute Gasteiger partial charge is 0.432 e. The fourth-order valence-electron chi connectivity index (χ4n) is 3.01. The van der Waals surface area contributed by atoms with Gasteiger partial charge in [0, 0.05) is 31.3 Å². The van der Waals surface area contributed by atoms with Gasteiger partial charge in [0.25, 0.3) is 0 Å². The fraction of sp³-hybridized carbons (Fsp3) is 0.368. The number of carbonyl (C=O) groups is 2. The number of nitrogens with zero attached hydrogens (tertiary/aromatic N) is 2.